The van der Waals surface area contributed by atoms with Crippen LogP contribution in [-0.4, -0.2) is 37.7 Å². The Morgan fingerprint density at radius 1 is 1.18 bits per heavy atom. The van der Waals surface area contributed by atoms with Gasteiger partial charge in [-0.15, -0.1) is 0 Å². The first kappa shape index (κ1) is 14.9. The number of urea groups is 1. The van der Waals surface area contributed by atoms with Crippen LogP contribution >= 0.6 is 0 Å². The number of carbonyl (C=O) groups is 3. The van der Waals surface area contributed by atoms with E-state index in [0.29, 0.717) is 13.0 Å². The molecule has 0 aromatic rings. The number of hydrogen-bond acceptors (Lipinski definition) is 5. The van der Waals surface area contributed by atoms with Gasteiger partial charge in [-0.1, -0.05) is 0 Å². The molecule has 0 aromatic carbocycles. The lowest BCUT2D eigenvalue weighted by atomic mass is 10.4. The molecule has 7 nitrogen and oxygen atoms in total. The highest BCUT2D eigenvalue weighted by atomic mass is 16.5. The highest BCUT2D eigenvalue weighted by molar-refractivity contribution is 5.91. The van der Waals surface area contributed by atoms with Crippen LogP contribution in [0.2, 0.25) is 0 Å². The molecule has 0 saturated carbocycles. The number of esters is 2. The molecule has 96 valence electrons. The molecule has 0 aliphatic rings. The summed E-state index contributed by atoms with van der Waals surface area (Å²) in [5.41, 5.74) is 4.82. The zero-order valence-electron chi connectivity index (χ0n) is 9.60. The van der Waals surface area contributed by atoms with Crippen LogP contribution < -0.4 is 11.1 Å². The Labute approximate surface area is 98.9 Å². The monoisotopic (exact) mass is 244 g/mol. The normalized spacial score (nSPS) is 9.94. The molecule has 3 N–H and O–H groups in total. The second-order valence-corrected chi connectivity index (χ2v) is 2.90. The summed E-state index contributed by atoms with van der Waals surface area (Å²) in [5.74, 6) is -1.24. The molecule has 0 saturated heterocycles. The van der Waals surface area contributed by atoms with Gasteiger partial charge < -0.3 is 20.5 Å². The number of rotatable bonds is 7. The third-order valence-electron chi connectivity index (χ3n) is 1.51. The molecule has 0 heterocycles. The van der Waals surface area contributed by atoms with E-state index in [0.717, 1.165) is 12.2 Å². The van der Waals surface area contributed by atoms with Crippen molar-refractivity contribution in [2.24, 2.45) is 5.73 Å². The highest BCUT2D eigenvalue weighted by Gasteiger charge is 2.00. The van der Waals surface area contributed by atoms with E-state index in [1.54, 1.807) is 6.92 Å². The van der Waals surface area contributed by atoms with Gasteiger partial charge in [-0.3, -0.25) is 0 Å². The van der Waals surface area contributed by atoms with Gasteiger partial charge in [-0.25, -0.2) is 14.4 Å². The van der Waals surface area contributed by atoms with Crippen LogP contribution in [0, 0.1) is 0 Å². The zero-order valence-corrected chi connectivity index (χ0v) is 9.60. The van der Waals surface area contributed by atoms with Crippen molar-refractivity contribution in [3.8, 4) is 0 Å². The lowest BCUT2D eigenvalue weighted by molar-refractivity contribution is -0.140. The van der Waals surface area contributed by atoms with Crippen molar-refractivity contribution in [1.82, 2.24) is 5.32 Å². The Balaban J connectivity index is 3.59. The van der Waals surface area contributed by atoms with Crippen molar-refractivity contribution in [3.63, 3.8) is 0 Å². The number of primary amides is 1. The van der Waals surface area contributed by atoms with Crippen LogP contribution in [0.1, 0.15) is 13.3 Å². The Morgan fingerprint density at radius 3 is 2.29 bits per heavy atom. The first-order chi connectivity index (χ1) is 8.06. The Kier molecular flexibility index (Phi) is 8.09. The fourth-order valence-corrected chi connectivity index (χ4v) is 0.831. The van der Waals surface area contributed by atoms with E-state index >= 15 is 0 Å². The largest absolute Gasteiger partial charge is 0.463 e. The summed E-state index contributed by atoms with van der Waals surface area (Å²) >= 11 is 0. The third-order valence-corrected chi connectivity index (χ3v) is 1.51. The van der Waals surface area contributed by atoms with E-state index in [4.69, 9.17) is 10.5 Å². The van der Waals surface area contributed by atoms with Crippen LogP contribution in [0.25, 0.3) is 0 Å². The molecule has 0 rings (SSSR count). The number of nitrogens with two attached hydrogens (primary N) is 1. The topological polar surface area (TPSA) is 108 Å². The summed E-state index contributed by atoms with van der Waals surface area (Å²) in [6, 6.07) is -0.626. The molecular formula is C10H16N2O5. The minimum absolute atomic E-state index is 0.131. The molecule has 0 bridgehead atoms. The second kappa shape index (κ2) is 9.20. The fourth-order valence-electron chi connectivity index (χ4n) is 0.831. The van der Waals surface area contributed by atoms with Gasteiger partial charge in [0.25, 0.3) is 0 Å². The van der Waals surface area contributed by atoms with E-state index in [9.17, 15) is 14.4 Å². The van der Waals surface area contributed by atoms with Gasteiger partial charge in [0.15, 0.2) is 0 Å². The van der Waals surface area contributed by atoms with Gasteiger partial charge in [0.2, 0.25) is 0 Å². The Bertz CT molecular complexity index is 301. The molecular weight excluding hydrogens is 228 g/mol. The van der Waals surface area contributed by atoms with E-state index in [1.165, 1.54) is 0 Å². The Hall–Kier alpha value is -2.05. The molecule has 0 aliphatic carbocycles. The predicted molar refractivity (Wildman–Crippen MR) is 58.9 cm³/mol. The molecule has 0 aromatic heterocycles. The van der Waals surface area contributed by atoms with Crippen molar-refractivity contribution >= 4 is 18.0 Å². The van der Waals surface area contributed by atoms with Gasteiger partial charge in [0, 0.05) is 18.7 Å². The van der Waals surface area contributed by atoms with Crippen LogP contribution in [0.3, 0.4) is 0 Å². The zero-order chi connectivity index (χ0) is 13.1. The average Bonchev–Trinajstić information content (AvgIpc) is 2.26. The molecule has 0 fully saturated rings. The van der Waals surface area contributed by atoms with Crippen LogP contribution in [-0.2, 0) is 19.1 Å². The lowest BCUT2D eigenvalue weighted by Gasteiger charge is -2.02. The third kappa shape index (κ3) is 10.2. The predicted octanol–water partition coefficient (Wildman–Crippen LogP) is -0.293. The molecule has 2 amide bonds. The van der Waals surface area contributed by atoms with Gasteiger partial charge in [0.1, 0.15) is 0 Å². The molecule has 0 atom stereocenters. The maximum absolute atomic E-state index is 11.0. The molecule has 0 unspecified atom stereocenters. The van der Waals surface area contributed by atoms with Gasteiger partial charge >= 0.3 is 18.0 Å². The van der Waals surface area contributed by atoms with Gasteiger partial charge in [-0.2, -0.15) is 0 Å². The number of amides is 2. The first-order valence-electron chi connectivity index (χ1n) is 5.11. The van der Waals surface area contributed by atoms with Crippen molar-refractivity contribution in [2.45, 2.75) is 13.3 Å². The number of ether oxygens (including phenoxy) is 2. The summed E-state index contributed by atoms with van der Waals surface area (Å²) in [6.07, 6.45) is 2.43. The fraction of sp³-hybridized carbons (Fsp3) is 0.500. The minimum atomic E-state index is -0.642. The maximum Gasteiger partial charge on any atom is 0.331 e. The minimum Gasteiger partial charge on any atom is -0.463 e. The SMILES string of the molecule is CCOC(=O)/C=C/C(=O)OCCCNC(N)=O. The van der Waals surface area contributed by atoms with Crippen LogP contribution in [0.5, 0.6) is 0 Å². The second-order valence-electron chi connectivity index (χ2n) is 2.90. The summed E-state index contributed by atoms with van der Waals surface area (Å²) in [7, 11) is 0. The van der Waals surface area contributed by atoms with Gasteiger partial charge in [-0.05, 0) is 13.3 Å². The van der Waals surface area contributed by atoms with Crippen molar-refractivity contribution < 1.29 is 23.9 Å². The summed E-state index contributed by atoms with van der Waals surface area (Å²) in [5, 5.41) is 2.34. The van der Waals surface area contributed by atoms with E-state index in [-0.39, 0.29) is 13.2 Å². The summed E-state index contributed by atoms with van der Waals surface area (Å²) < 4.78 is 9.29. The maximum atomic E-state index is 11.0. The van der Waals surface area contributed by atoms with Crippen LogP contribution in [0.4, 0.5) is 4.79 Å². The van der Waals surface area contributed by atoms with Crippen molar-refractivity contribution in [3.05, 3.63) is 12.2 Å². The summed E-state index contributed by atoms with van der Waals surface area (Å²) in [4.78, 5) is 32.1. The number of nitrogens with one attached hydrogen (secondary N) is 1. The molecule has 17 heavy (non-hydrogen) atoms. The highest BCUT2D eigenvalue weighted by Crippen LogP contribution is 1.87. The summed E-state index contributed by atoms with van der Waals surface area (Å²) in [6.45, 7) is 2.36. The molecule has 0 spiro atoms. The molecule has 0 radical (unpaired) electrons. The smallest absolute Gasteiger partial charge is 0.331 e. The Morgan fingerprint density at radius 2 is 1.76 bits per heavy atom. The van der Waals surface area contributed by atoms with E-state index in [2.05, 4.69) is 10.1 Å². The number of carbonyl (C=O) groups excluding carboxylic acids is 3. The molecule has 7 heteroatoms. The van der Waals surface area contributed by atoms with Gasteiger partial charge in [0.05, 0.1) is 13.2 Å². The quantitative estimate of drug-likeness (QED) is 0.363. The first-order valence-corrected chi connectivity index (χ1v) is 5.11. The number of hydrogen-bond donors (Lipinski definition) is 2. The van der Waals surface area contributed by atoms with Crippen molar-refractivity contribution in [2.75, 3.05) is 19.8 Å². The standard InChI is InChI=1S/C10H16N2O5/c1-2-16-8(13)4-5-9(14)17-7-3-6-12-10(11)15/h4-5H,2-3,6-7H2,1H3,(H3,11,12,15)/b5-4+. The van der Waals surface area contributed by atoms with Crippen LogP contribution in [0.15, 0.2) is 12.2 Å². The van der Waals surface area contributed by atoms with E-state index < -0.39 is 18.0 Å². The average molecular weight is 244 g/mol. The molecule has 0 aliphatic heterocycles. The van der Waals surface area contributed by atoms with E-state index in [1.807, 2.05) is 0 Å². The lowest BCUT2D eigenvalue weighted by Crippen LogP contribution is -2.30. The van der Waals surface area contributed by atoms with Crippen molar-refractivity contribution in [1.29, 1.82) is 0 Å².